The van der Waals surface area contributed by atoms with Crippen LogP contribution in [0.25, 0.3) is 43.4 Å². The van der Waals surface area contributed by atoms with Crippen molar-refractivity contribution >= 4 is 49.4 Å². The minimum absolute atomic E-state index is 0.0139. The summed E-state index contributed by atoms with van der Waals surface area (Å²) in [6.07, 6.45) is 0. The molecular formula is C41H37N. The molecule has 0 radical (unpaired) electrons. The Labute approximate surface area is 249 Å². The molecule has 42 heavy (non-hydrogen) atoms. The lowest BCUT2D eigenvalue weighted by atomic mass is 9.82. The minimum Gasteiger partial charge on any atom is -0.309 e. The highest BCUT2D eigenvalue weighted by Crippen LogP contribution is 2.48. The number of aryl methyl sites for hydroxylation is 2. The standard InChI is InChI=1S/C41H37N/c1-26-12-7-9-16-33(26)35-24-32(41(4,5)6)25-38(28(35)3)42(36-17-10-8-13-27(36)2)37-23-21-31-19-18-29-14-11-15-30-20-22-34(37)40(31)39(29)30/h7-25H,1-6H3. The van der Waals surface area contributed by atoms with Crippen molar-refractivity contribution in [2.75, 3.05) is 4.90 Å². The monoisotopic (exact) mass is 543 g/mol. The molecule has 0 aromatic heterocycles. The van der Waals surface area contributed by atoms with E-state index in [2.05, 4.69) is 162 Å². The smallest absolute Gasteiger partial charge is 0.0540 e. The maximum Gasteiger partial charge on any atom is 0.0540 e. The predicted octanol–water partition coefficient (Wildman–Crippen LogP) is 11.9. The van der Waals surface area contributed by atoms with Crippen molar-refractivity contribution in [3.05, 3.63) is 138 Å². The molecule has 0 N–H and O–H groups in total. The summed E-state index contributed by atoms with van der Waals surface area (Å²) in [4.78, 5) is 2.52. The van der Waals surface area contributed by atoms with E-state index in [9.17, 15) is 0 Å². The molecule has 0 heterocycles. The highest BCUT2D eigenvalue weighted by Gasteiger charge is 2.25. The molecule has 0 amide bonds. The normalized spacial score (nSPS) is 12.0. The molecule has 0 fully saturated rings. The maximum atomic E-state index is 2.52. The van der Waals surface area contributed by atoms with Crippen molar-refractivity contribution in [2.24, 2.45) is 0 Å². The average Bonchev–Trinajstić information content (AvgIpc) is 2.98. The van der Waals surface area contributed by atoms with E-state index in [4.69, 9.17) is 0 Å². The van der Waals surface area contributed by atoms with Crippen LogP contribution in [0, 0.1) is 20.8 Å². The van der Waals surface area contributed by atoms with Gasteiger partial charge in [-0.15, -0.1) is 0 Å². The molecule has 206 valence electrons. The van der Waals surface area contributed by atoms with E-state index in [0.29, 0.717) is 0 Å². The van der Waals surface area contributed by atoms with Gasteiger partial charge in [0.1, 0.15) is 0 Å². The summed E-state index contributed by atoms with van der Waals surface area (Å²) in [5, 5.41) is 7.82. The Balaban J connectivity index is 1.61. The summed E-state index contributed by atoms with van der Waals surface area (Å²) in [6, 6.07) is 42.8. The zero-order chi connectivity index (χ0) is 29.2. The molecule has 1 heteroatoms. The van der Waals surface area contributed by atoms with Gasteiger partial charge in [0, 0.05) is 16.8 Å². The summed E-state index contributed by atoms with van der Waals surface area (Å²) >= 11 is 0. The lowest BCUT2D eigenvalue weighted by molar-refractivity contribution is 0.590. The van der Waals surface area contributed by atoms with E-state index in [1.165, 1.54) is 82.8 Å². The number of para-hydroxylation sites is 1. The van der Waals surface area contributed by atoms with Crippen LogP contribution in [-0.2, 0) is 5.41 Å². The number of rotatable bonds is 4. The van der Waals surface area contributed by atoms with E-state index >= 15 is 0 Å². The Morgan fingerprint density at radius 1 is 0.476 bits per heavy atom. The van der Waals surface area contributed by atoms with Gasteiger partial charge in [0.2, 0.25) is 0 Å². The van der Waals surface area contributed by atoms with Crippen LogP contribution in [0.4, 0.5) is 17.1 Å². The second-order valence-corrected chi connectivity index (χ2v) is 12.8. The van der Waals surface area contributed by atoms with E-state index < -0.39 is 0 Å². The van der Waals surface area contributed by atoms with Gasteiger partial charge in [-0.1, -0.05) is 118 Å². The highest BCUT2D eigenvalue weighted by molar-refractivity contribution is 6.25. The van der Waals surface area contributed by atoms with Crippen molar-refractivity contribution in [1.29, 1.82) is 0 Å². The topological polar surface area (TPSA) is 3.24 Å². The van der Waals surface area contributed by atoms with Crippen LogP contribution >= 0.6 is 0 Å². The zero-order valence-corrected chi connectivity index (χ0v) is 25.4. The lowest BCUT2D eigenvalue weighted by Crippen LogP contribution is -2.17. The highest BCUT2D eigenvalue weighted by atomic mass is 15.1. The largest absolute Gasteiger partial charge is 0.309 e. The van der Waals surface area contributed by atoms with Gasteiger partial charge >= 0.3 is 0 Å². The fraction of sp³-hybridized carbons (Fsp3) is 0.171. The third-order valence-corrected chi connectivity index (χ3v) is 9.03. The van der Waals surface area contributed by atoms with Gasteiger partial charge in [0.25, 0.3) is 0 Å². The minimum atomic E-state index is -0.0139. The number of hydrogen-bond donors (Lipinski definition) is 0. The first-order valence-electron chi connectivity index (χ1n) is 15.0. The van der Waals surface area contributed by atoms with Crippen molar-refractivity contribution in [3.8, 4) is 11.1 Å². The Hall–Kier alpha value is -4.62. The number of anilines is 3. The zero-order valence-electron chi connectivity index (χ0n) is 25.4. The van der Waals surface area contributed by atoms with E-state index in [0.717, 1.165) is 0 Å². The quantitative estimate of drug-likeness (QED) is 0.200. The summed E-state index contributed by atoms with van der Waals surface area (Å²) in [5.41, 5.74) is 11.4. The number of benzene rings is 7. The number of hydrogen-bond acceptors (Lipinski definition) is 1. The molecule has 1 nitrogen and oxygen atoms in total. The van der Waals surface area contributed by atoms with Gasteiger partial charge in [-0.05, 0) is 105 Å². The van der Waals surface area contributed by atoms with E-state index in [-0.39, 0.29) is 5.41 Å². The lowest BCUT2D eigenvalue weighted by Gasteiger charge is -2.33. The first kappa shape index (κ1) is 26.3. The van der Waals surface area contributed by atoms with Crippen LogP contribution in [0.2, 0.25) is 0 Å². The summed E-state index contributed by atoms with van der Waals surface area (Å²) in [7, 11) is 0. The fourth-order valence-electron chi connectivity index (χ4n) is 6.64. The predicted molar refractivity (Wildman–Crippen MR) is 183 cm³/mol. The second-order valence-electron chi connectivity index (χ2n) is 12.8. The fourth-order valence-corrected chi connectivity index (χ4v) is 6.64. The molecular weight excluding hydrogens is 506 g/mol. The molecule has 0 aliphatic carbocycles. The molecule has 7 rings (SSSR count). The third kappa shape index (κ3) is 4.15. The maximum absolute atomic E-state index is 2.52. The molecule has 0 atom stereocenters. The van der Waals surface area contributed by atoms with E-state index in [1.54, 1.807) is 0 Å². The Kier molecular flexibility index (Phi) is 6.10. The van der Waals surface area contributed by atoms with Gasteiger partial charge in [-0.25, -0.2) is 0 Å². The van der Waals surface area contributed by atoms with Crippen molar-refractivity contribution in [2.45, 2.75) is 47.0 Å². The van der Waals surface area contributed by atoms with Crippen LogP contribution in [0.15, 0.2) is 115 Å². The Morgan fingerprint density at radius 2 is 1.10 bits per heavy atom. The summed E-state index contributed by atoms with van der Waals surface area (Å²) < 4.78 is 0. The molecule has 0 spiro atoms. The van der Waals surface area contributed by atoms with Crippen LogP contribution in [0.5, 0.6) is 0 Å². The molecule has 0 aliphatic rings. The van der Waals surface area contributed by atoms with Gasteiger partial charge in [-0.2, -0.15) is 0 Å². The molecule has 0 bridgehead atoms. The van der Waals surface area contributed by atoms with Crippen molar-refractivity contribution in [3.63, 3.8) is 0 Å². The Morgan fingerprint density at radius 3 is 1.79 bits per heavy atom. The Bertz CT molecular complexity index is 2090. The van der Waals surface area contributed by atoms with Gasteiger partial charge in [-0.3, -0.25) is 0 Å². The van der Waals surface area contributed by atoms with Gasteiger partial charge < -0.3 is 4.90 Å². The summed E-state index contributed by atoms with van der Waals surface area (Å²) in [5.74, 6) is 0. The van der Waals surface area contributed by atoms with Crippen LogP contribution in [0.1, 0.15) is 43.0 Å². The van der Waals surface area contributed by atoms with Crippen LogP contribution in [0.3, 0.4) is 0 Å². The SMILES string of the molecule is Cc1ccccc1-c1cc(C(C)(C)C)cc(N(c2ccccc2C)c2ccc3ccc4cccc5ccc2c3c45)c1C. The van der Waals surface area contributed by atoms with Crippen LogP contribution in [-0.4, -0.2) is 0 Å². The molecule has 0 aliphatic heterocycles. The van der Waals surface area contributed by atoms with E-state index in [1.807, 2.05) is 0 Å². The summed E-state index contributed by atoms with van der Waals surface area (Å²) in [6.45, 7) is 13.7. The van der Waals surface area contributed by atoms with Gasteiger partial charge in [0.15, 0.2) is 0 Å². The van der Waals surface area contributed by atoms with Crippen LogP contribution < -0.4 is 4.90 Å². The molecule has 7 aromatic rings. The van der Waals surface area contributed by atoms with Crippen molar-refractivity contribution < 1.29 is 0 Å². The second kappa shape index (κ2) is 9.74. The average molecular weight is 544 g/mol. The first-order valence-corrected chi connectivity index (χ1v) is 15.0. The third-order valence-electron chi connectivity index (χ3n) is 9.03. The van der Waals surface area contributed by atoms with Crippen molar-refractivity contribution in [1.82, 2.24) is 0 Å². The number of nitrogens with zero attached hydrogens (tertiary/aromatic N) is 1. The van der Waals surface area contributed by atoms with Gasteiger partial charge in [0.05, 0.1) is 5.69 Å². The molecule has 0 saturated heterocycles. The molecule has 0 saturated carbocycles. The molecule has 0 unspecified atom stereocenters. The molecule has 7 aromatic carbocycles. The first-order chi connectivity index (χ1) is 20.2.